The summed E-state index contributed by atoms with van der Waals surface area (Å²) in [7, 11) is 1.74. The van der Waals surface area contributed by atoms with Crippen molar-refractivity contribution in [3.05, 3.63) is 101 Å². The van der Waals surface area contributed by atoms with Crippen LogP contribution < -0.4 is 4.90 Å². The van der Waals surface area contributed by atoms with Gasteiger partial charge < -0.3 is 19.3 Å². The molecule has 0 bridgehead atoms. The fourth-order valence-electron chi connectivity index (χ4n) is 6.31. The molecule has 3 aliphatic rings. The lowest BCUT2D eigenvalue weighted by molar-refractivity contribution is -0.276. The Morgan fingerprint density at radius 3 is 2.34 bits per heavy atom. The number of benzene rings is 3. The lowest BCUT2D eigenvalue weighted by atomic mass is 9.90. The average Bonchev–Trinajstić information content (AvgIpc) is 3.55. The number of anilines is 1. The van der Waals surface area contributed by atoms with Gasteiger partial charge in [-0.05, 0) is 54.8 Å². The van der Waals surface area contributed by atoms with Crippen LogP contribution in [0, 0.1) is 5.92 Å². The number of carbonyl (C=O) groups is 2. The number of fused-ring (bicyclic) bond motifs is 1. The Morgan fingerprint density at radius 2 is 1.66 bits per heavy atom. The summed E-state index contributed by atoms with van der Waals surface area (Å²) in [5, 5.41) is 9.54. The minimum atomic E-state index is -0.697. The molecule has 0 spiro atoms. The first kappa shape index (κ1) is 27.8. The summed E-state index contributed by atoms with van der Waals surface area (Å²) < 4.78 is 18.8. The van der Waals surface area contributed by atoms with Gasteiger partial charge in [0.2, 0.25) is 0 Å². The number of methoxy groups -OCH3 is 1. The van der Waals surface area contributed by atoms with E-state index in [1.54, 1.807) is 37.4 Å². The number of ether oxygens (including phenoxy) is 3. The maximum Gasteiger partial charge on any atom is 0.266 e. The highest BCUT2D eigenvalue weighted by atomic mass is 16.7. The van der Waals surface area contributed by atoms with Crippen LogP contribution in [-0.4, -0.2) is 60.8 Å². The maximum absolute atomic E-state index is 13.2. The first-order valence-electron chi connectivity index (χ1n) is 14.3. The van der Waals surface area contributed by atoms with Crippen LogP contribution in [-0.2, 0) is 20.8 Å². The van der Waals surface area contributed by atoms with Crippen molar-refractivity contribution in [2.75, 3.05) is 31.7 Å². The Morgan fingerprint density at radius 1 is 0.927 bits per heavy atom. The molecule has 2 amide bonds. The molecule has 6 rings (SSSR count). The molecule has 214 valence electrons. The third-order valence-electron chi connectivity index (χ3n) is 8.59. The van der Waals surface area contributed by atoms with Crippen molar-refractivity contribution >= 4 is 17.5 Å². The minimum absolute atomic E-state index is 0.0177. The maximum atomic E-state index is 13.2. The van der Waals surface area contributed by atoms with E-state index in [4.69, 9.17) is 14.2 Å². The van der Waals surface area contributed by atoms with Crippen LogP contribution in [0.15, 0.2) is 72.8 Å². The van der Waals surface area contributed by atoms with Gasteiger partial charge in [0.15, 0.2) is 6.29 Å². The summed E-state index contributed by atoms with van der Waals surface area (Å²) in [5.41, 5.74) is 3.89. The van der Waals surface area contributed by atoms with E-state index in [0.29, 0.717) is 29.5 Å². The van der Waals surface area contributed by atoms with E-state index in [-0.39, 0.29) is 36.5 Å². The number of hydrogen-bond donors (Lipinski definition) is 1. The molecule has 5 unspecified atom stereocenters. The Hall–Kier alpha value is -3.40. The van der Waals surface area contributed by atoms with Crippen molar-refractivity contribution in [1.82, 2.24) is 4.90 Å². The second-order valence-corrected chi connectivity index (χ2v) is 11.2. The fourth-order valence-corrected chi connectivity index (χ4v) is 6.31. The van der Waals surface area contributed by atoms with Crippen LogP contribution in [0.1, 0.15) is 69.6 Å². The van der Waals surface area contributed by atoms with E-state index in [1.807, 2.05) is 42.5 Å². The molecule has 8 heteroatoms. The van der Waals surface area contributed by atoms with Crippen molar-refractivity contribution in [3.63, 3.8) is 0 Å². The Bertz CT molecular complexity index is 1370. The van der Waals surface area contributed by atoms with E-state index in [1.165, 1.54) is 4.90 Å². The zero-order chi connectivity index (χ0) is 28.5. The lowest BCUT2D eigenvalue weighted by Gasteiger charge is -2.43. The standard InChI is InChI=1S/C33H36N2O6/c1-21-29(18-34-16-6-9-26(34)20-39-2)40-33(41-30(21)23-14-12-22(19-36)13-15-23)24-7-5-8-25(17-24)35-31(37)27-10-3-4-11-28(27)32(35)38/h3-5,7-8,10-15,17,21,26,29-30,33,36H,6,9,16,18-20H2,1-2H3. The third-order valence-corrected chi connectivity index (χ3v) is 8.59. The Kier molecular flexibility index (Phi) is 8.01. The predicted molar refractivity (Wildman–Crippen MR) is 153 cm³/mol. The minimum Gasteiger partial charge on any atom is -0.392 e. The molecule has 3 aliphatic heterocycles. The van der Waals surface area contributed by atoms with Gasteiger partial charge in [-0.1, -0.05) is 55.5 Å². The molecule has 2 fully saturated rings. The van der Waals surface area contributed by atoms with Gasteiger partial charge in [0.05, 0.1) is 42.2 Å². The number of hydrogen-bond acceptors (Lipinski definition) is 7. The molecular formula is C33H36N2O6. The monoisotopic (exact) mass is 556 g/mol. The van der Waals surface area contributed by atoms with Gasteiger partial charge in [0.25, 0.3) is 11.8 Å². The summed E-state index contributed by atoms with van der Waals surface area (Å²) in [4.78, 5) is 30.0. The number of rotatable bonds is 8. The fraction of sp³-hybridized carbons (Fsp3) is 0.394. The van der Waals surface area contributed by atoms with Gasteiger partial charge in [-0.2, -0.15) is 0 Å². The van der Waals surface area contributed by atoms with Crippen LogP contribution in [0.3, 0.4) is 0 Å². The van der Waals surface area contributed by atoms with Gasteiger partial charge >= 0.3 is 0 Å². The number of imide groups is 1. The second kappa shape index (κ2) is 11.8. The molecule has 0 saturated carbocycles. The van der Waals surface area contributed by atoms with Gasteiger partial charge in [0, 0.05) is 31.2 Å². The molecule has 0 aromatic heterocycles. The van der Waals surface area contributed by atoms with Crippen LogP contribution in [0.25, 0.3) is 0 Å². The molecule has 3 aromatic rings. The van der Waals surface area contributed by atoms with E-state index < -0.39 is 6.29 Å². The highest BCUT2D eigenvalue weighted by Gasteiger charge is 2.41. The SMILES string of the molecule is COCC1CCCN1CC1OC(c2cccc(N3C(=O)c4ccccc4C3=O)c2)OC(c2ccc(CO)cc2)C1C. The van der Waals surface area contributed by atoms with Crippen molar-refractivity contribution in [1.29, 1.82) is 0 Å². The van der Waals surface area contributed by atoms with E-state index in [9.17, 15) is 14.7 Å². The number of aliphatic hydroxyl groups is 1. The molecule has 2 saturated heterocycles. The summed E-state index contributed by atoms with van der Waals surface area (Å²) in [5.74, 6) is -0.617. The number of aliphatic hydroxyl groups excluding tert-OH is 1. The van der Waals surface area contributed by atoms with Gasteiger partial charge in [-0.3, -0.25) is 14.5 Å². The highest BCUT2D eigenvalue weighted by Crippen LogP contribution is 2.43. The molecular weight excluding hydrogens is 520 g/mol. The molecule has 5 atom stereocenters. The molecule has 1 N–H and O–H groups in total. The Balaban J connectivity index is 1.30. The smallest absolute Gasteiger partial charge is 0.266 e. The molecule has 0 aliphatic carbocycles. The predicted octanol–water partition coefficient (Wildman–Crippen LogP) is 4.88. The topological polar surface area (TPSA) is 88.5 Å². The van der Waals surface area contributed by atoms with E-state index in [2.05, 4.69) is 11.8 Å². The van der Waals surface area contributed by atoms with Crippen LogP contribution in [0.4, 0.5) is 5.69 Å². The quantitative estimate of drug-likeness (QED) is 0.396. The third kappa shape index (κ3) is 5.34. The molecule has 0 radical (unpaired) electrons. The lowest BCUT2D eigenvalue weighted by Crippen LogP contribution is -2.46. The second-order valence-electron chi connectivity index (χ2n) is 11.2. The number of carbonyl (C=O) groups excluding carboxylic acids is 2. The zero-order valence-corrected chi connectivity index (χ0v) is 23.4. The largest absolute Gasteiger partial charge is 0.392 e. The summed E-state index contributed by atoms with van der Waals surface area (Å²) in [6.07, 6.45) is 1.15. The molecule has 8 nitrogen and oxygen atoms in total. The molecule has 3 heterocycles. The van der Waals surface area contributed by atoms with Crippen LogP contribution in [0.2, 0.25) is 0 Å². The van der Waals surface area contributed by atoms with E-state index >= 15 is 0 Å². The van der Waals surface area contributed by atoms with E-state index in [0.717, 1.165) is 42.6 Å². The summed E-state index contributed by atoms with van der Waals surface area (Å²) in [6, 6.07) is 22.4. The van der Waals surface area contributed by atoms with Crippen LogP contribution >= 0.6 is 0 Å². The van der Waals surface area contributed by atoms with Crippen molar-refractivity contribution in [3.8, 4) is 0 Å². The van der Waals surface area contributed by atoms with Crippen LogP contribution in [0.5, 0.6) is 0 Å². The number of amides is 2. The first-order chi connectivity index (χ1) is 20.0. The zero-order valence-electron chi connectivity index (χ0n) is 23.4. The van der Waals surface area contributed by atoms with Gasteiger partial charge in [-0.25, -0.2) is 4.90 Å². The van der Waals surface area contributed by atoms with Gasteiger partial charge in [0.1, 0.15) is 0 Å². The number of likely N-dealkylation sites (tertiary alicyclic amines) is 1. The summed E-state index contributed by atoms with van der Waals surface area (Å²) in [6.45, 7) is 4.57. The highest BCUT2D eigenvalue weighted by molar-refractivity contribution is 6.34. The number of nitrogens with zero attached hydrogens (tertiary/aromatic N) is 2. The van der Waals surface area contributed by atoms with Gasteiger partial charge in [-0.15, -0.1) is 0 Å². The van der Waals surface area contributed by atoms with Crippen molar-refractivity contribution in [2.45, 2.75) is 50.9 Å². The van der Waals surface area contributed by atoms with Crippen molar-refractivity contribution in [2.24, 2.45) is 5.92 Å². The molecule has 41 heavy (non-hydrogen) atoms. The molecule has 3 aromatic carbocycles. The van der Waals surface area contributed by atoms with Crippen molar-refractivity contribution < 1.29 is 28.9 Å². The Labute approximate surface area is 240 Å². The average molecular weight is 557 g/mol. The first-order valence-corrected chi connectivity index (χ1v) is 14.3. The normalized spacial score (nSPS) is 26.5. The summed E-state index contributed by atoms with van der Waals surface area (Å²) >= 11 is 0.